The maximum atomic E-state index is 5.84. The predicted molar refractivity (Wildman–Crippen MR) is 85.1 cm³/mol. The molecule has 0 bridgehead atoms. The molecule has 4 heteroatoms. The fourth-order valence-corrected chi connectivity index (χ4v) is 2.89. The van der Waals surface area contributed by atoms with Crippen molar-refractivity contribution in [3.63, 3.8) is 0 Å². The first kappa shape index (κ1) is 15.3. The van der Waals surface area contributed by atoms with Gasteiger partial charge < -0.3 is 15.2 Å². The molecule has 0 amide bonds. The fraction of sp³-hybridized carbons (Fsp3) is 0.562. The van der Waals surface area contributed by atoms with Crippen LogP contribution in [0.3, 0.4) is 0 Å². The first-order valence-electron chi connectivity index (χ1n) is 7.25. The van der Waals surface area contributed by atoms with E-state index in [-0.39, 0.29) is 0 Å². The minimum Gasteiger partial charge on any atom is -0.496 e. The topological polar surface area (TPSA) is 44.5 Å². The van der Waals surface area contributed by atoms with E-state index in [0.717, 1.165) is 29.4 Å². The number of nitrogens with two attached hydrogens (primary N) is 1. The van der Waals surface area contributed by atoms with E-state index in [0.29, 0.717) is 11.6 Å². The Morgan fingerprint density at radius 2 is 2.05 bits per heavy atom. The van der Waals surface area contributed by atoms with E-state index < -0.39 is 0 Å². The van der Waals surface area contributed by atoms with Gasteiger partial charge in [-0.3, -0.25) is 0 Å². The number of rotatable bonds is 6. The molecule has 0 saturated heterocycles. The van der Waals surface area contributed by atoms with Crippen molar-refractivity contribution in [2.24, 2.45) is 11.7 Å². The predicted octanol–water partition coefficient (Wildman–Crippen LogP) is 3.43. The summed E-state index contributed by atoms with van der Waals surface area (Å²) in [4.78, 5) is 0.358. The molecule has 0 spiro atoms. The molecule has 0 unspecified atom stereocenters. The summed E-state index contributed by atoms with van der Waals surface area (Å²) in [6.07, 6.45) is 6.70. The van der Waals surface area contributed by atoms with Crippen molar-refractivity contribution in [2.45, 2.75) is 38.7 Å². The van der Waals surface area contributed by atoms with Crippen LogP contribution >= 0.6 is 12.2 Å². The Labute approximate surface area is 126 Å². The zero-order valence-electron chi connectivity index (χ0n) is 12.1. The molecule has 20 heavy (non-hydrogen) atoms. The highest BCUT2D eigenvalue weighted by molar-refractivity contribution is 7.80. The minimum absolute atomic E-state index is 0.358. The highest BCUT2D eigenvalue weighted by Crippen LogP contribution is 2.25. The van der Waals surface area contributed by atoms with Gasteiger partial charge in [-0.2, -0.15) is 0 Å². The largest absolute Gasteiger partial charge is 0.496 e. The number of benzene rings is 1. The SMILES string of the molecule is COc1cc(COCC2CCCCC2)ccc1C(N)=S. The fourth-order valence-electron chi connectivity index (χ4n) is 2.73. The van der Waals surface area contributed by atoms with Gasteiger partial charge in [0.2, 0.25) is 0 Å². The van der Waals surface area contributed by atoms with Gasteiger partial charge in [-0.15, -0.1) is 0 Å². The molecule has 0 radical (unpaired) electrons. The van der Waals surface area contributed by atoms with E-state index in [1.807, 2.05) is 18.2 Å². The Morgan fingerprint density at radius 1 is 1.30 bits per heavy atom. The highest BCUT2D eigenvalue weighted by Gasteiger charge is 2.13. The average molecular weight is 293 g/mol. The molecule has 0 heterocycles. The summed E-state index contributed by atoms with van der Waals surface area (Å²) in [7, 11) is 1.63. The second-order valence-electron chi connectivity index (χ2n) is 5.42. The van der Waals surface area contributed by atoms with Crippen molar-refractivity contribution in [1.82, 2.24) is 0 Å². The minimum atomic E-state index is 0.358. The Bertz CT molecular complexity index is 456. The molecule has 1 aromatic carbocycles. The van der Waals surface area contributed by atoms with Crippen LogP contribution in [-0.4, -0.2) is 18.7 Å². The molecule has 0 atom stereocenters. The Morgan fingerprint density at radius 3 is 2.70 bits per heavy atom. The van der Waals surface area contributed by atoms with E-state index in [2.05, 4.69) is 0 Å². The molecule has 0 aromatic heterocycles. The van der Waals surface area contributed by atoms with Gasteiger partial charge in [-0.05, 0) is 36.5 Å². The highest BCUT2D eigenvalue weighted by atomic mass is 32.1. The number of ether oxygens (including phenoxy) is 2. The lowest BCUT2D eigenvalue weighted by Crippen LogP contribution is -2.13. The van der Waals surface area contributed by atoms with Crippen LogP contribution in [0.5, 0.6) is 5.75 Å². The lowest BCUT2D eigenvalue weighted by Gasteiger charge is -2.21. The van der Waals surface area contributed by atoms with Gasteiger partial charge in [0.05, 0.1) is 19.3 Å². The summed E-state index contributed by atoms with van der Waals surface area (Å²) in [6.45, 7) is 1.48. The first-order chi connectivity index (χ1) is 9.70. The van der Waals surface area contributed by atoms with E-state index in [4.69, 9.17) is 27.4 Å². The number of hydrogen-bond donors (Lipinski definition) is 1. The molecule has 1 aliphatic rings. The van der Waals surface area contributed by atoms with E-state index in [9.17, 15) is 0 Å². The lowest BCUT2D eigenvalue weighted by molar-refractivity contribution is 0.0738. The molecule has 1 saturated carbocycles. The summed E-state index contributed by atoms with van der Waals surface area (Å²) in [5.41, 5.74) is 7.53. The Kier molecular flexibility index (Phi) is 5.80. The van der Waals surface area contributed by atoms with Crippen LogP contribution in [0.25, 0.3) is 0 Å². The van der Waals surface area contributed by atoms with Gasteiger partial charge in [0.15, 0.2) is 0 Å². The van der Waals surface area contributed by atoms with Gasteiger partial charge in [0.25, 0.3) is 0 Å². The lowest BCUT2D eigenvalue weighted by atomic mass is 9.90. The van der Waals surface area contributed by atoms with Crippen molar-refractivity contribution in [1.29, 1.82) is 0 Å². The van der Waals surface area contributed by atoms with Crippen molar-refractivity contribution < 1.29 is 9.47 Å². The summed E-state index contributed by atoms with van der Waals surface area (Å²) >= 11 is 5.00. The second-order valence-corrected chi connectivity index (χ2v) is 5.86. The standard InChI is InChI=1S/C16H23NO2S/c1-18-15-9-13(7-8-14(15)16(17)20)11-19-10-12-5-3-2-4-6-12/h7-9,12H,2-6,10-11H2,1H3,(H2,17,20). The zero-order valence-corrected chi connectivity index (χ0v) is 12.9. The molecule has 1 aromatic rings. The van der Waals surface area contributed by atoms with Crippen molar-refractivity contribution in [2.75, 3.05) is 13.7 Å². The van der Waals surface area contributed by atoms with Crippen LogP contribution in [-0.2, 0) is 11.3 Å². The van der Waals surface area contributed by atoms with Gasteiger partial charge >= 0.3 is 0 Å². The molecule has 3 nitrogen and oxygen atoms in total. The zero-order chi connectivity index (χ0) is 14.4. The molecule has 1 aliphatic carbocycles. The maximum absolute atomic E-state index is 5.84. The van der Waals surface area contributed by atoms with Gasteiger partial charge in [0.1, 0.15) is 10.7 Å². The van der Waals surface area contributed by atoms with Gasteiger partial charge in [-0.25, -0.2) is 0 Å². The van der Waals surface area contributed by atoms with Crippen LogP contribution in [0.4, 0.5) is 0 Å². The third-order valence-corrected chi connectivity index (χ3v) is 4.10. The normalized spacial score (nSPS) is 16.1. The number of methoxy groups -OCH3 is 1. The van der Waals surface area contributed by atoms with Crippen LogP contribution in [0.1, 0.15) is 43.2 Å². The molecule has 110 valence electrons. The first-order valence-corrected chi connectivity index (χ1v) is 7.66. The molecule has 0 aliphatic heterocycles. The summed E-state index contributed by atoms with van der Waals surface area (Å²) < 4.78 is 11.2. The number of hydrogen-bond acceptors (Lipinski definition) is 3. The van der Waals surface area contributed by atoms with Crippen LogP contribution in [0.15, 0.2) is 18.2 Å². The molecule has 2 rings (SSSR count). The molecule has 2 N–H and O–H groups in total. The van der Waals surface area contributed by atoms with E-state index in [1.54, 1.807) is 7.11 Å². The summed E-state index contributed by atoms with van der Waals surface area (Å²) in [6, 6.07) is 5.85. The van der Waals surface area contributed by atoms with Crippen molar-refractivity contribution in [3.05, 3.63) is 29.3 Å². The second kappa shape index (κ2) is 7.60. The molecule has 1 fully saturated rings. The number of thiocarbonyl (C=S) groups is 1. The smallest absolute Gasteiger partial charge is 0.129 e. The van der Waals surface area contributed by atoms with Crippen molar-refractivity contribution in [3.8, 4) is 5.75 Å². The van der Waals surface area contributed by atoms with Crippen LogP contribution < -0.4 is 10.5 Å². The van der Waals surface area contributed by atoms with Gasteiger partial charge in [0, 0.05) is 6.61 Å². The average Bonchev–Trinajstić information content (AvgIpc) is 2.48. The Balaban J connectivity index is 1.87. The quantitative estimate of drug-likeness (QED) is 0.816. The van der Waals surface area contributed by atoms with E-state index in [1.165, 1.54) is 32.1 Å². The third-order valence-electron chi connectivity index (χ3n) is 3.88. The van der Waals surface area contributed by atoms with Gasteiger partial charge in [-0.1, -0.05) is 37.5 Å². The monoisotopic (exact) mass is 293 g/mol. The Hall–Kier alpha value is -1.13. The summed E-state index contributed by atoms with van der Waals surface area (Å²) in [5.74, 6) is 1.46. The van der Waals surface area contributed by atoms with Crippen LogP contribution in [0, 0.1) is 5.92 Å². The molecular formula is C16H23NO2S. The third kappa shape index (κ3) is 4.18. The van der Waals surface area contributed by atoms with Crippen molar-refractivity contribution >= 4 is 17.2 Å². The molecular weight excluding hydrogens is 270 g/mol. The van der Waals surface area contributed by atoms with E-state index >= 15 is 0 Å². The maximum Gasteiger partial charge on any atom is 0.129 e. The van der Waals surface area contributed by atoms with Crippen LogP contribution in [0.2, 0.25) is 0 Å². The summed E-state index contributed by atoms with van der Waals surface area (Å²) in [5, 5.41) is 0.